The fraction of sp³-hybridized carbons (Fsp3) is 0.294. The van der Waals surface area contributed by atoms with Crippen molar-refractivity contribution in [2.24, 2.45) is 5.73 Å². The summed E-state index contributed by atoms with van der Waals surface area (Å²) < 4.78 is 1.11. The minimum absolute atomic E-state index is 0.0937. The maximum atomic E-state index is 6.22. The predicted molar refractivity (Wildman–Crippen MR) is 89.9 cm³/mol. The molecule has 0 bridgehead atoms. The van der Waals surface area contributed by atoms with E-state index < -0.39 is 0 Å². The average molecular weight is 333 g/mol. The highest BCUT2D eigenvalue weighted by molar-refractivity contribution is 9.10. The first kappa shape index (κ1) is 15.1. The first-order valence-corrected chi connectivity index (χ1v) is 7.71. The monoisotopic (exact) mass is 332 g/mol. The predicted octanol–water partition coefficient (Wildman–Crippen LogP) is 4.50. The number of halogens is 1. The van der Waals surface area contributed by atoms with Gasteiger partial charge >= 0.3 is 0 Å². The average Bonchev–Trinajstić information content (AvgIpc) is 2.46. The van der Waals surface area contributed by atoms with Crippen LogP contribution in [-0.4, -0.2) is 7.05 Å². The quantitative estimate of drug-likeness (QED) is 0.873. The number of nitrogens with two attached hydrogens (primary N) is 1. The van der Waals surface area contributed by atoms with E-state index in [1.54, 1.807) is 0 Å². The fourth-order valence-corrected chi connectivity index (χ4v) is 2.81. The Bertz CT molecular complexity index is 568. The molecule has 0 fully saturated rings. The molecule has 2 nitrogen and oxygen atoms in total. The summed E-state index contributed by atoms with van der Waals surface area (Å²) in [6.07, 6.45) is 0.946. The summed E-state index contributed by atoms with van der Waals surface area (Å²) in [5.74, 6) is 0. The van der Waals surface area contributed by atoms with Crippen LogP contribution in [-0.2, 0) is 6.54 Å². The fourth-order valence-electron chi connectivity index (χ4n) is 2.36. The number of hydrogen-bond acceptors (Lipinski definition) is 2. The Balaban J connectivity index is 2.23. The number of anilines is 1. The van der Waals surface area contributed by atoms with Gasteiger partial charge in [0.25, 0.3) is 0 Å². The summed E-state index contributed by atoms with van der Waals surface area (Å²) in [5, 5.41) is 0. The maximum absolute atomic E-state index is 6.22. The van der Waals surface area contributed by atoms with Gasteiger partial charge in [0.05, 0.1) is 0 Å². The van der Waals surface area contributed by atoms with Crippen molar-refractivity contribution in [2.75, 3.05) is 11.9 Å². The summed E-state index contributed by atoms with van der Waals surface area (Å²) in [5.41, 5.74) is 9.92. The van der Waals surface area contributed by atoms with Gasteiger partial charge in [-0.15, -0.1) is 0 Å². The van der Waals surface area contributed by atoms with Crippen LogP contribution in [0.5, 0.6) is 0 Å². The molecule has 0 amide bonds. The van der Waals surface area contributed by atoms with E-state index in [0.717, 1.165) is 17.4 Å². The van der Waals surface area contributed by atoms with Gasteiger partial charge in [-0.1, -0.05) is 53.2 Å². The zero-order valence-electron chi connectivity index (χ0n) is 12.0. The minimum Gasteiger partial charge on any atom is -0.370 e. The molecule has 2 rings (SSSR count). The van der Waals surface area contributed by atoms with Crippen LogP contribution >= 0.6 is 15.9 Å². The second-order valence-corrected chi connectivity index (χ2v) is 5.98. The minimum atomic E-state index is 0.0937. The van der Waals surface area contributed by atoms with E-state index in [1.807, 2.05) is 6.07 Å². The van der Waals surface area contributed by atoms with Crippen molar-refractivity contribution in [1.82, 2.24) is 0 Å². The van der Waals surface area contributed by atoms with Gasteiger partial charge in [0.1, 0.15) is 0 Å². The van der Waals surface area contributed by atoms with Crippen molar-refractivity contribution in [1.29, 1.82) is 0 Å². The lowest BCUT2D eigenvalue weighted by atomic mass is 10.0. The smallest absolute Gasteiger partial charge is 0.0426 e. The number of para-hydroxylation sites is 1. The van der Waals surface area contributed by atoms with E-state index in [0.29, 0.717) is 0 Å². The Morgan fingerprint density at radius 1 is 1.15 bits per heavy atom. The molecule has 106 valence electrons. The third-order valence-corrected chi connectivity index (χ3v) is 3.99. The molecule has 20 heavy (non-hydrogen) atoms. The van der Waals surface area contributed by atoms with Crippen LogP contribution in [0.25, 0.3) is 0 Å². The van der Waals surface area contributed by atoms with Crippen LogP contribution in [0, 0.1) is 0 Å². The van der Waals surface area contributed by atoms with Crippen molar-refractivity contribution in [3.05, 3.63) is 64.1 Å². The molecule has 0 aliphatic carbocycles. The van der Waals surface area contributed by atoms with Crippen LogP contribution in [0.15, 0.2) is 53.0 Å². The summed E-state index contributed by atoms with van der Waals surface area (Å²) in [4.78, 5) is 2.26. The highest BCUT2D eigenvalue weighted by atomic mass is 79.9. The van der Waals surface area contributed by atoms with Gasteiger partial charge in [-0.2, -0.15) is 0 Å². The van der Waals surface area contributed by atoms with Crippen LogP contribution in [0.1, 0.15) is 30.5 Å². The van der Waals surface area contributed by atoms with E-state index in [1.165, 1.54) is 16.8 Å². The van der Waals surface area contributed by atoms with Crippen LogP contribution in [0.3, 0.4) is 0 Å². The highest BCUT2D eigenvalue weighted by Gasteiger charge is 2.12. The Hall–Kier alpha value is -1.32. The molecule has 2 N–H and O–H groups in total. The molecule has 0 aliphatic rings. The third-order valence-electron chi connectivity index (χ3n) is 3.50. The van der Waals surface area contributed by atoms with E-state index in [9.17, 15) is 0 Å². The molecule has 3 heteroatoms. The Morgan fingerprint density at radius 2 is 1.90 bits per heavy atom. The lowest BCUT2D eigenvalue weighted by Crippen LogP contribution is -2.20. The van der Waals surface area contributed by atoms with Crippen molar-refractivity contribution >= 4 is 21.6 Å². The lowest BCUT2D eigenvalue weighted by Gasteiger charge is -2.25. The molecule has 0 aliphatic heterocycles. The zero-order valence-corrected chi connectivity index (χ0v) is 13.6. The van der Waals surface area contributed by atoms with E-state index in [-0.39, 0.29) is 6.04 Å². The molecule has 0 saturated carbocycles. The lowest BCUT2D eigenvalue weighted by molar-refractivity contribution is 0.694. The van der Waals surface area contributed by atoms with E-state index in [4.69, 9.17) is 5.73 Å². The van der Waals surface area contributed by atoms with Gasteiger partial charge < -0.3 is 10.6 Å². The van der Waals surface area contributed by atoms with E-state index >= 15 is 0 Å². The van der Waals surface area contributed by atoms with Crippen molar-refractivity contribution < 1.29 is 0 Å². The van der Waals surface area contributed by atoms with Crippen LogP contribution < -0.4 is 10.6 Å². The summed E-state index contributed by atoms with van der Waals surface area (Å²) in [6, 6.07) is 16.9. The van der Waals surface area contributed by atoms with E-state index in [2.05, 4.69) is 77.3 Å². The Labute approximate surface area is 129 Å². The van der Waals surface area contributed by atoms with Gasteiger partial charge in [0.15, 0.2) is 0 Å². The Morgan fingerprint density at radius 3 is 2.60 bits per heavy atom. The molecule has 2 aromatic carbocycles. The summed E-state index contributed by atoms with van der Waals surface area (Å²) >= 11 is 3.52. The van der Waals surface area contributed by atoms with Crippen LogP contribution in [0.4, 0.5) is 5.69 Å². The zero-order chi connectivity index (χ0) is 14.5. The third kappa shape index (κ3) is 3.62. The molecule has 0 radical (unpaired) electrons. The second kappa shape index (κ2) is 6.91. The summed E-state index contributed by atoms with van der Waals surface area (Å²) in [7, 11) is 2.11. The van der Waals surface area contributed by atoms with Crippen molar-refractivity contribution in [3.8, 4) is 0 Å². The van der Waals surface area contributed by atoms with Gasteiger partial charge in [-0.3, -0.25) is 0 Å². The molecule has 0 heterocycles. The first-order valence-electron chi connectivity index (χ1n) is 6.92. The molecule has 0 spiro atoms. The number of rotatable bonds is 5. The molecule has 2 aromatic rings. The largest absolute Gasteiger partial charge is 0.370 e. The normalized spacial score (nSPS) is 12.2. The molecular formula is C17H21BrN2. The maximum Gasteiger partial charge on any atom is 0.0426 e. The topological polar surface area (TPSA) is 29.3 Å². The van der Waals surface area contributed by atoms with Gasteiger partial charge in [0, 0.05) is 29.8 Å². The van der Waals surface area contributed by atoms with Gasteiger partial charge in [0.2, 0.25) is 0 Å². The SMILES string of the molecule is CCC(N)c1ccccc1N(C)Cc1cccc(Br)c1. The number of benzene rings is 2. The highest BCUT2D eigenvalue weighted by Crippen LogP contribution is 2.27. The first-order chi connectivity index (χ1) is 9.61. The molecule has 1 unspecified atom stereocenters. The summed E-state index contributed by atoms with van der Waals surface area (Å²) in [6.45, 7) is 2.99. The standard InChI is InChI=1S/C17H21BrN2/c1-3-16(19)15-9-4-5-10-17(15)20(2)12-13-7-6-8-14(18)11-13/h4-11,16H,3,12,19H2,1-2H3. The number of nitrogens with zero attached hydrogens (tertiary/aromatic N) is 1. The molecule has 0 saturated heterocycles. The van der Waals surface area contributed by atoms with Crippen molar-refractivity contribution in [2.45, 2.75) is 25.9 Å². The Kier molecular flexibility index (Phi) is 5.21. The molecule has 0 aromatic heterocycles. The van der Waals surface area contributed by atoms with Gasteiger partial charge in [-0.05, 0) is 35.7 Å². The number of hydrogen-bond donors (Lipinski definition) is 1. The van der Waals surface area contributed by atoms with Crippen LogP contribution in [0.2, 0.25) is 0 Å². The second-order valence-electron chi connectivity index (χ2n) is 5.06. The molecular weight excluding hydrogens is 312 g/mol. The molecule has 1 atom stereocenters. The van der Waals surface area contributed by atoms with Gasteiger partial charge in [-0.25, -0.2) is 0 Å². The van der Waals surface area contributed by atoms with Crippen molar-refractivity contribution in [3.63, 3.8) is 0 Å².